The van der Waals surface area contributed by atoms with Gasteiger partial charge in [0.15, 0.2) is 5.69 Å². The lowest BCUT2D eigenvalue weighted by atomic mass is 10.0. The number of aromatic nitrogens is 6. The number of pyridine rings is 1. The van der Waals surface area contributed by atoms with Crippen molar-refractivity contribution in [2.24, 2.45) is 0 Å². The smallest absolute Gasteiger partial charge is 0.435 e. The highest BCUT2D eigenvalue weighted by molar-refractivity contribution is 5.67. The molecule has 0 radical (unpaired) electrons. The zero-order valence-corrected chi connectivity index (χ0v) is 15.8. The number of aromatic amines is 1. The molecule has 0 aliphatic carbocycles. The van der Waals surface area contributed by atoms with Crippen molar-refractivity contribution in [3.8, 4) is 28.4 Å². The normalized spacial score (nSPS) is 15.7. The lowest BCUT2D eigenvalue weighted by Crippen LogP contribution is -2.09. The second kappa shape index (κ2) is 7.18. The molecule has 5 rings (SSSR count). The number of imidazole rings is 1. The third-order valence-corrected chi connectivity index (χ3v) is 5.05. The van der Waals surface area contributed by atoms with Gasteiger partial charge in [-0.15, -0.1) is 5.10 Å². The van der Waals surface area contributed by atoms with Crippen LogP contribution in [0, 0.1) is 5.82 Å². The molecule has 1 N–H and O–H groups in total. The van der Waals surface area contributed by atoms with Crippen LogP contribution in [0.2, 0.25) is 0 Å². The summed E-state index contributed by atoms with van der Waals surface area (Å²) in [5.74, 6) is 0.213. The third-order valence-electron chi connectivity index (χ3n) is 5.05. The number of fused-ring (bicyclic) bond motifs is 1. The van der Waals surface area contributed by atoms with Crippen LogP contribution in [0.5, 0.6) is 5.75 Å². The second-order valence-corrected chi connectivity index (χ2v) is 7.11. The van der Waals surface area contributed by atoms with Gasteiger partial charge in [0.2, 0.25) is 0 Å². The van der Waals surface area contributed by atoms with Gasteiger partial charge in [-0.1, -0.05) is 11.3 Å². The summed E-state index contributed by atoms with van der Waals surface area (Å²) < 4.78 is 60.2. The Morgan fingerprint density at radius 1 is 1.13 bits per heavy atom. The van der Waals surface area contributed by atoms with E-state index in [9.17, 15) is 17.6 Å². The molecule has 4 heterocycles. The molecule has 0 bridgehead atoms. The number of benzene rings is 1. The van der Waals surface area contributed by atoms with E-state index in [4.69, 9.17) is 4.74 Å². The van der Waals surface area contributed by atoms with Crippen molar-refractivity contribution in [2.45, 2.75) is 18.6 Å². The summed E-state index contributed by atoms with van der Waals surface area (Å²) >= 11 is 0. The molecule has 11 heteroatoms. The number of nitrogens with one attached hydrogen (secondary N) is 1. The van der Waals surface area contributed by atoms with E-state index in [0.29, 0.717) is 30.3 Å². The number of hydrogen-bond acceptors (Lipinski definition) is 5. The fraction of sp³-hybridized carbons (Fsp3) is 0.200. The van der Waals surface area contributed by atoms with Crippen LogP contribution >= 0.6 is 0 Å². The maximum atomic E-state index is 13.4. The van der Waals surface area contributed by atoms with Crippen LogP contribution in [-0.4, -0.2) is 36.6 Å². The van der Waals surface area contributed by atoms with Crippen molar-refractivity contribution in [1.29, 1.82) is 0 Å². The topological polar surface area (TPSA) is 81.5 Å². The van der Waals surface area contributed by atoms with Crippen molar-refractivity contribution in [2.75, 3.05) is 6.61 Å². The van der Waals surface area contributed by atoms with E-state index >= 15 is 0 Å². The van der Waals surface area contributed by atoms with Gasteiger partial charge in [0.05, 0.1) is 18.6 Å². The fourth-order valence-electron chi connectivity index (χ4n) is 3.59. The van der Waals surface area contributed by atoms with Crippen molar-refractivity contribution in [1.82, 2.24) is 29.9 Å². The van der Waals surface area contributed by atoms with Crippen LogP contribution in [0.25, 0.3) is 22.6 Å². The number of alkyl halides is 3. The van der Waals surface area contributed by atoms with E-state index in [1.165, 1.54) is 30.5 Å². The zero-order valence-electron chi connectivity index (χ0n) is 15.8. The average molecular weight is 430 g/mol. The van der Waals surface area contributed by atoms with Crippen LogP contribution in [0.15, 0.2) is 49.1 Å². The summed E-state index contributed by atoms with van der Waals surface area (Å²) in [6, 6.07) is 7.38. The van der Waals surface area contributed by atoms with Crippen LogP contribution in [0.3, 0.4) is 0 Å². The molecule has 0 fully saturated rings. The quantitative estimate of drug-likeness (QED) is 0.494. The van der Waals surface area contributed by atoms with E-state index in [1.807, 2.05) is 9.67 Å². The number of nitrogens with zero attached hydrogens (tertiary/aromatic N) is 5. The van der Waals surface area contributed by atoms with Crippen molar-refractivity contribution in [3.05, 3.63) is 66.1 Å². The Hall–Kier alpha value is -3.76. The molecule has 0 saturated carbocycles. The molecule has 0 unspecified atom stereocenters. The van der Waals surface area contributed by atoms with Crippen LogP contribution < -0.4 is 4.74 Å². The summed E-state index contributed by atoms with van der Waals surface area (Å²) in [5.41, 5.74) is 0.715. The zero-order chi connectivity index (χ0) is 21.6. The predicted molar refractivity (Wildman–Crippen MR) is 100 cm³/mol. The summed E-state index contributed by atoms with van der Waals surface area (Å²) in [7, 11) is 0. The van der Waals surface area contributed by atoms with Crippen molar-refractivity contribution in [3.63, 3.8) is 0 Å². The van der Waals surface area contributed by atoms with Gasteiger partial charge < -0.3 is 9.30 Å². The average Bonchev–Trinajstić information content (AvgIpc) is 3.48. The molecular weight excluding hydrogens is 416 g/mol. The molecule has 4 aromatic rings. The Balaban J connectivity index is 1.39. The number of H-pyrrole nitrogens is 1. The molecule has 1 aliphatic rings. The van der Waals surface area contributed by atoms with E-state index in [0.717, 1.165) is 5.56 Å². The summed E-state index contributed by atoms with van der Waals surface area (Å²) in [4.78, 5) is 8.55. The van der Waals surface area contributed by atoms with Crippen molar-refractivity contribution < 1.29 is 22.3 Å². The van der Waals surface area contributed by atoms with Gasteiger partial charge >= 0.3 is 6.18 Å². The minimum Gasteiger partial charge on any atom is -0.492 e. The third kappa shape index (κ3) is 3.62. The van der Waals surface area contributed by atoms with E-state index in [1.54, 1.807) is 18.6 Å². The van der Waals surface area contributed by atoms with Gasteiger partial charge in [-0.05, 0) is 18.2 Å². The highest BCUT2D eigenvalue weighted by Crippen LogP contribution is 2.36. The number of hydrogen-bond donors (Lipinski definition) is 1. The summed E-state index contributed by atoms with van der Waals surface area (Å²) in [6.45, 7) is 0.971. The molecule has 0 amide bonds. The van der Waals surface area contributed by atoms with Gasteiger partial charge in [-0.3, -0.25) is 10.1 Å². The first kappa shape index (κ1) is 19.2. The highest BCUT2D eigenvalue weighted by atomic mass is 19.4. The predicted octanol–water partition coefficient (Wildman–Crippen LogP) is 4.06. The van der Waals surface area contributed by atoms with Gasteiger partial charge in [0, 0.05) is 42.0 Å². The van der Waals surface area contributed by atoms with Crippen molar-refractivity contribution >= 4 is 0 Å². The standard InChI is InChI=1S/C20H14F4N6O/c21-13-1-2-14-12(9-31-17(14)6-13)7-30-8-16(26-10-30)15-5-11(3-4-25-15)18-19(20(22,23)24)28-29-27-18/h1-6,8,10,12H,7,9H2,(H,27,28,29)/t12-/m1/s1. The fourth-order valence-corrected chi connectivity index (χ4v) is 3.59. The molecule has 3 aromatic heterocycles. The first-order valence-corrected chi connectivity index (χ1v) is 9.27. The van der Waals surface area contributed by atoms with E-state index < -0.39 is 11.9 Å². The minimum absolute atomic E-state index is 0.0291. The van der Waals surface area contributed by atoms with Gasteiger partial charge in [-0.25, -0.2) is 9.37 Å². The van der Waals surface area contributed by atoms with Gasteiger partial charge in [0.1, 0.15) is 23.0 Å². The van der Waals surface area contributed by atoms with E-state index in [-0.39, 0.29) is 23.0 Å². The number of halogens is 4. The Morgan fingerprint density at radius 2 is 2.00 bits per heavy atom. The molecule has 31 heavy (non-hydrogen) atoms. The van der Waals surface area contributed by atoms with Gasteiger partial charge in [0.25, 0.3) is 0 Å². The molecule has 0 spiro atoms. The lowest BCUT2D eigenvalue weighted by molar-refractivity contribution is -0.140. The maximum Gasteiger partial charge on any atom is 0.435 e. The first-order valence-electron chi connectivity index (χ1n) is 9.27. The Kier molecular flexibility index (Phi) is 4.45. The monoisotopic (exact) mass is 430 g/mol. The van der Waals surface area contributed by atoms with Crippen LogP contribution in [0.1, 0.15) is 17.2 Å². The molecule has 1 atom stereocenters. The number of rotatable bonds is 4. The van der Waals surface area contributed by atoms with Gasteiger partial charge in [-0.2, -0.15) is 13.2 Å². The van der Waals surface area contributed by atoms with Crippen LogP contribution in [0.4, 0.5) is 17.6 Å². The maximum absolute atomic E-state index is 13.4. The molecule has 7 nitrogen and oxygen atoms in total. The lowest BCUT2D eigenvalue weighted by Gasteiger charge is -2.09. The highest BCUT2D eigenvalue weighted by Gasteiger charge is 2.37. The largest absolute Gasteiger partial charge is 0.492 e. The Morgan fingerprint density at radius 3 is 2.84 bits per heavy atom. The summed E-state index contributed by atoms with van der Waals surface area (Å²) in [6.07, 6.45) is 0.157. The Labute approximate surface area is 172 Å². The second-order valence-electron chi connectivity index (χ2n) is 7.11. The molecule has 0 saturated heterocycles. The molecule has 1 aliphatic heterocycles. The molecule has 158 valence electrons. The minimum atomic E-state index is -4.60. The van der Waals surface area contributed by atoms with E-state index in [2.05, 4.69) is 20.3 Å². The molecule has 1 aromatic carbocycles. The summed E-state index contributed by atoms with van der Waals surface area (Å²) in [5, 5.41) is 8.75. The number of ether oxygens (including phenoxy) is 1. The first-order chi connectivity index (χ1) is 14.9. The molecular formula is C20H14F4N6O. The SMILES string of the molecule is Fc1ccc2c(c1)OC[C@H]2Cn1cnc(-c2cc(-c3nn[nH]c3C(F)(F)F)ccn2)c1. The van der Waals surface area contributed by atoms with Crippen LogP contribution in [-0.2, 0) is 12.7 Å². The Bertz CT molecular complexity index is 1250.